The Kier molecular flexibility index (Phi) is 2.76. The summed E-state index contributed by atoms with van der Waals surface area (Å²) in [6, 6.07) is 6.61. The molecule has 4 nitrogen and oxygen atoms in total. The van der Waals surface area contributed by atoms with E-state index in [9.17, 15) is 9.90 Å². The highest BCUT2D eigenvalue weighted by Gasteiger charge is 2.18. The van der Waals surface area contributed by atoms with Crippen LogP contribution < -0.4 is 5.32 Å². The van der Waals surface area contributed by atoms with Crippen molar-refractivity contribution in [3.05, 3.63) is 24.3 Å². The van der Waals surface area contributed by atoms with Crippen molar-refractivity contribution in [3.8, 4) is 5.75 Å². The molecule has 1 aliphatic rings. The van der Waals surface area contributed by atoms with E-state index in [1.807, 2.05) is 0 Å². The summed E-state index contributed by atoms with van der Waals surface area (Å²) in [4.78, 5) is 13.4. The second-order valence-corrected chi connectivity index (χ2v) is 3.64. The maximum Gasteiger partial charge on any atom is 0.321 e. The molecule has 0 aliphatic carbocycles. The molecule has 0 radical (unpaired) electrons. The molecule has 0 aromatic heterocycles. The number of para-hydroxylation sites is 2. The third kappa shape index (κ3) is 2.21. The predicted octanol–water partition coefficient (Wildman–Crippen LogP) is 2.02. The van der Waals surface area contributed by atoms with Crippen LogP contribution in [0, 0.1) is 0 Å². The van der Waals surface area contributed by atoms with Crippen LogP contribution >= 0.6 is 0 Å². The van der Waals surface area contributed by atoms with Crippen LogP contribution in [0.4, 0.5) is 10.5 Å². The highest BCUT2D eigenvalue weighted by Crippen LogP contribution is 2.22. The van der Waals surface area contributed by atoms with Gasteiger partial charge in [-0.05, 0) is 25.0 Å². The number of hydrogen-bond acceptors (Lipinski definition) is 2. The number of hydrogen-bond donors (Lipinski definition) is 2. The van der Waals surface area contributed by atoms with Crippen LogP contribution in [0.25, 0.3) is 0 Å². The minimum atomic E-state index is -0.131. The molecule has 4 heteroatoms. The molecular weight excluding hydrogens is 192 g/mol. The number of phenolic OH excluding ortho intramolecular Hbond substituents is 1. The number of phenols is 1. The fourth-order valence-corrected chi connectivity index (χ4v) is 1.69. The average Bonchev–Trinajstić information content (AvgIpc) is 2.74. The number of anilines is 1. The molecule has 80 valence electrons. The van der Waals surface area contributed by atoms with Crippen LogP contribution in [0.2, 0.25) is 0 Å². The lowest BCUT2D eigenvalue weighted by Gasteiger charge is -2.16. The third-order valence-electron chi connectivity index (χ3n) is 2.54. The molecule has 1 saturated heterocycles. The van der Waals surface area contributed by atoms with Gasteiger partial charge in [0.1, 0.15) is 5.75 Å². The fourth-order valence-electron chi connectivity index (χ4n) is 1.69. The summed E-state index contributed by atoms with van der Waals surface area (Å²) < 4.78 is 0. The summed E-state index contributed by atoms with van der Waals surface area (Å²) >= 11 is 0. The van der Waals surface area contributed by atoms with Gasteiger partial charge in [-0.15, -0.1) is 0 Å². The fraction of sp³-hybridized carbons (Fsp3) is 0.364. The van der Waals surface area contributed by atoms with Crippen LogP contribution in [0.15, 0.2) is 24.3 Å². The molecular formula is C11H14N2O2. The van der Waals surface area contributed by atoms with Crippen molar-refractivity contribution in [2.24, 2.45) is 0 Å². The van der Waals surface area contributed by atoms with Crippen LogP contribution in [0.5, 0.6) is 5.75 Å². The average molecular weight is 206 g/mol. The number of aromatic hydroxyl groups is 1. The summed E-state index contributed by atoms with van der Waals surface area (Å²) in [5, 5.41) is 12.2. The number of carbonyl (C=O) groups is 1. The van der Waals surface area contributed by atoms with Gasteiger partial charge in [0, 0.05) is 13.1 Å². The Labute approximate surface area is 88.5 Å². The van der Waals surface area contributed by atoms with E-state index in [4.69, 9.17) is 0 Å². The van der Waals surface area contributed by atoms with E-state index >= 15 is 0 Å². The maximum atomic E-state index is 11.7. The van der Waals surface area contributed by atoms with Crippen molar-refractivity contribution in [1.29, 1.82) is 0 Å². The number of nitrogens with zero attached hydrogens (tertiary/aromatic N) is 1. The smallest absolute Gasteiger partial charge is 0.321 e. The van der Waals surface area contributed by atoms with Crippen molar-refractivity contribution in [3.63, 3.8) is 0 Å². The molecule has 0 unspecified atom stereocenters. The van der Waals surface area contributed by atoms with Gasteiger partial charge < -0.3 is 15.3 Å². The lowest BCUT2D eigenvalue weighted by atomic mass is 10.3. The SMILES string of the molecule is O=C(Nc1ccccc1O)N1CCCC1. The summed E-state index contributed by atoms with van der Waals surface area (Å²) in [5.41, 5.74) is 0.467. The molecule has 0 spiro atoms. The van der Waals surface area contributed by atoms with Crippen LogP contribution in [-0.2, 0) is 0 Å². The predicted molar refractivity (Wildman–Crippen MR) is 57.9 cm³/mol. The first kappa shape index (κ1) is 9.83. The van der Waals surface area contributed by atoms with Gasteiger partial charge >= 0.3 is 6.03 Å². The molecule has 2 rings (SSSR count). The normalized spacial score (nSPS) is 15.3. The van der Waals surface area contributed by atoms with Gasteiger partial charge in [-0.25, -0.2) is 4.79 Å². The maximum absolute atomic E-state index is 11.7. The molecule has 0 atom stereocenters. The molecule has 0 saturated carbocycles. The third-order valence-corrected chi connectivity index (χ3v) is 2.54. The molecule has 1 aromatic rings. The first-order valence-electron chi connectivity index (χ1n) is 5.11. The molecule has 1 aliphatic heterocycles. The number of amides is 2. The van der Waals surface area contributed by atoms with Crippen molar-refractivity contribution in [2.45, 2.75) is 12.8 Å². The monoisotopic (exact) mass is 206 g/mol. The minimum absolute atomic E-state index is 0.102. The minimum Gasteiger partial charge on any atom is -0.506 e. The lowest BCUT2D eigenvalue weighted by Crippen LogP contribution is -2.32. The van der Waals surface area contributed by atoms with E-state index in [2.05, 4.69) is 5.32 Å². The lowest BCUT2D eigenvalue weighted by molar-refractivity contribution is 0.222. The van der Waals surface area contributed by atoms with E-state index in [1.165, 1.54) is 0 Å². The van der Waals surface area contributed by atoms with Crippen molar-refractivity contribution in [2.75, 3.05) is 18.4 Å². The first-order valence-corrected chi connectivity index (χ1v) is 5.11. The molecule has 1 heterocycles. The molecule has 2 N–H and O–H groups in total. The summed E-state index contributed by atoms with van der Waals surface area (Å²) in [5.74, 6) is 0.102. The highest BCUT2D eigenvalue weighted by atomic mass is 16.3. The number of nitrogens with one attached hydrogen (secondary N) is 1. The number of urea groups is 1. The van der Waals surface area contributed by atoms with Crippen molar-refractivity contribution < 1.29 is 9.90 Å². The van der Waals surface area contributed by atoms with Crippen LogP contribution in [0.3, 0.4) is 0 Å². The molecule has 1 fully saturated rings. The Morgan fingerprint density at radius 3 is 2.60 bits per heavy atom. The zero-order valence-electron chi connectivity index (χ0n) is 8.44. The summed E-state index contributed by atoms with van der Waals surface area (Å²) in [6.45, 7) is 1.61. The zero-order chi connectivity index (χ0) is 10.7. The highest BCUT2D eigenvalue weighted by molar-refractivity contribution is 5.90. The molecule has 2 amide bonds. The van der Waals surface area contributed by atoms with Gasteiger partial charge in [0.05, 0.1) is 5.69 Å². The van der Waals surface area contributed by atoms with E-state index in [1.54, 1.807) is 29.2 Å². The van der Waals surface area contributed by atoms with E-state index < -0.39 is 0 Å². The Morgan fingerprint density at radius 1 is 1.27 bits per heavy atom. The number of carbonyl (C=O) groups excluding carboxylic acids is 1. The molecule has 1 aromatic carbocycles. The van der Waals surface area contributed by atoms with Gasteiger partial charge in [-0.2, -0.15) is 0 Å². The Balaban J connectivity index is 2.02. The number of benzene rings is 1. The number of rotatable bonds is 1. The van der Waals surface area contributed by atoms with Crippen molar-refractivity contribution in [1.82, 2.24) is 4.90 Å². The van der Waals surface area contributed by atoms with Gasteiger partial charge in [-0.1, -0.05) is 12.1 Å². The first-order chi connectivity index (χ1) is 7.27. The standard InChI is InChI=1S/C11H14N2O2/c14-10-6-2-1-5-9(10)12-11(15)13-7-3-4-8-13/h1-2,5-6,14H,3-4,7-8H2,(H,12,15). The Morgan fingerprint density at radius 2 is 1.93 bits per heavy atom. The second kappa shape index (κ2) is 4.21. The summed E-state index contributed by atoms with van der Waals surface area (Å²) in [7, 11) is 0. The van der Waals surface area contributed by atoms with E-state index in [-0.39, 0.29) is 11.8 Å². The van der Waals surface area contributed by atoms with Gasteiger partial charge in [0.2, 0.25) is 0 Å². The Bertz CT molecular complexity index is 359. The quantitative estimate of drug-likeness (QED) is 0.691. The molecule has 0 bridgehead atoms. The largest absolute Gasteiger partial charge is 0.506 e. The van der Waals surface area contributed by atoms with E-state index in [0.29, 0.717) is 5.69 Å². The van der Waals surface area contributed by atoms with Crippen molar-refractivity contribution >= 4 is 11.7 Å². The Hall–Kier alpha value is -1.71. The van der Waals surface area contributed by atoms with Crippen LogP contribution in [-0.4, -0.2) is 29.1 Å². The van der Waals surface area contributed by atoms with Gasteiger partial charge in [-0.3, -0.25) is 0 Å². The topological polar surface area (TPSA) is 52.6 Å². The molecule has 15 heavy (non-hydrogen) atoms. The van der Waals surface area contributed by atoms with Gasteiger partial charge in [0.25, 0.3) is 0 Å². The van der Waals surface area contributed by atoms with Crippen LogP contribution in [0.1, 0.15) is 12.8 Å². The van der Waals surface area contributed by atoms with E-state index in [0.717, 1.165) is 25.9 Å². The number of likely N-dealkylation sites (tertiary alicyclic amines) is 1. The summed E-state index contributed by atoms with van der Waals surface area (Å²) in [6.07, 6.45) is 2.13. The van der Waals surface area contributed by atoms with Gasteiger partial charge in [0.15, 0.2) is 0 Å². The second-order valence-electron chi connectivity index (χ2n) is 3.64. The zero-order valence-corrected chi connectivity index (χ0v) is 8.44.